The summed E-state index contributed by atoms with van der Waals surface area (Å²) < 4.78 is 5.86. The van der Waals surface area contributed by atoms with Crippen LogP contribution in [0.5, 0.6) is 5.75 Å². The predicted octanol–water partition coefficient (Wildman–Crippen LogP) is 4.11. The van der Waals surface area contributed by atoms with Crippen LogP contribution in [0.2, 0.25) is 0 Å². The molecule has 0 fully saturated rings. The number of ether oxygens (including phenoxy) is 1. The van der Waals surface area contributed by atoms with E-state index in [9.17, 15) is 0 Å². The van der Waals surface area contributed by atoms with Crippen LogP contribution < -0.4 is 10.5 Å². The molecule has 2 nitrogen and oxygen atoms in total. The van der Waals surface area contributed by atoms with Crippen molar-refractivity contribution in [3.63, 3.8) is 0 Å². The fourth-order valence-corrected chi connectivity index (χ4v) is 2.25. The van der Waals surface area contributed by atoms with Crippen molar-refractivity contribution in [3.8, 4) is 5.75 Å². The summed E-state index contributed by atoms with van der Waals surface area (Å²) in [4.78, 5) is 0. The molecule has 0 aliphatic heterocycles. The Balaban J connectivity index is 1.74. The molecule has 0 saturated carbocycles. The minimum atomic E-state index is 0.00974. The Morgan fingerprint density at radius 2 is 1.65 bits per heavy atom. The molecular formula is C18H23NO. The second-order valence-corrected chi connectivity index (χ2v) is 5.12. The van der Waals surface area contributed by atoms with Crippen molar-refractivity contribution in [2.24, 2.45) is 5.73 Å². The lowest BCUT2D eigenvalue weighted by Crippen LogP contribution is -2.08. The van der Waals surface area contributed by atoms with Gasteiger partial charge in [-0.1, -0.05) is 48.5 Å². The minimum Gasteiger partial charge on any atom is -0.493 e. The monoisotopic (exact) mass is 269 g/mol. The van der Waals surface area contributed by atoms with Crippen LogP contribution in [-0.4, -0.2) is 6.61 Å². The highest BCUT2D eigenvalue weighted by atomic mass is 16.5. The fourth-order valence-electron chi connectivity index (χ4n) is 2.25. The lowest BCUT2D eigenvalue weighted by atomic mass is 10.1. The molecule has 20 heavy (non-hydrogen) atoms. The molecule has 0 aliphatic carbocycles. The van der Waals surface area contributed by atoms with E-state index in [1.54, 1.807) is 0 Å². The van der Waals surface area contributed by atoms with Gasteiger partial charge in [0.05, 0.1) is 6.61 Å². The number of nitrogens with two attached hydrogens (primary N) is 1. The summed E-state index contributed by atoms with van der Waals surface area (Å²) in [5.41, 5.74) is 8.41. The Kier molecular flexibility index (Phi) is 5.63. The molecule has 0 amide bonds. The lowest BCUT2D eigenvalue weighted by Gasteiger charge is -2.13. The Morgan fingerprint density at radius 3 is 2.40 bits per heavy atom. The highest BCUT2D eigenvalue weighted by Gasteiger charge is 2.06. The molecule has 0 aromatic heterocycles. The highest BCUT2D eigenvalue weighted by Crippen LogP contribution is 2.23. The van der Waals surface area contributed by atoms with Gasteiger partial charge in [-0.05, 0) is 37.8 Å². The maximum Gasteiger partial charge on any atom is 0.124 e. The molecule has 0 bridgehead atoms. The summed E-state index contributed by atoms with van der Waals surface area (Å²) in [5, 5.41) is 0. The minimum absolute atomic E-state index is 0.00974. The molecule has 2 heteroatoms. The molecule has 2 N–H and O–H groups in total. The van der Waals surface area contributed by atoms with Gasteiger partial charge in [0.2, 0.25) is 0 Å². The molecule has 106 valence electrons. The number of unbranched alkanes of at least 4 members (excludes halogenated alkanes) is 1. The van der Waals surface area contributed by atoms with Crippen LogP contribution in [0, 0.1) is 0 Å². The Morgan fingerprint density at radius 1 is 0.950 bits per heavy atom. The molecule has 0 unspecified atom stereocenters. The normalized spacial score (nSPS) is 12.1. The molecule has 0 aliphatic rings. The zero-order chi connectivity index (χ0) is 14.2. The van der Waals surface area contributed by atoms with E-state index in [4.69, 9.17) is 10.5 Å². The van der Waals surface area contributed by atoms with Gasteiger partial charge >= 0.3 is 0 Å². The van der Waals surface area contributed by atoms with Gasteiger partial charge < -0.3 is 10.5 Å². The van der Waals surface area contributed by atoms with Gasteiger partial charge in [-0.3, -0.25) is 0 Å². The quantitative estimate of drug-likeness (QED) is 0.768. The molecule has 2 rings (SSSR count). The topological polar surface area (TPSA) is 35.2 Å². The summed E-state index contributed by atoms with van der Waals surface area (Å²) >= 11 is 0. The van der Waals surface area contributed by atoms with Gasteiger partial charge in [-0.15, -0.1) is 0 Å². The van der Waals surface area contributed by atoms with Crippen molar-refractivity contribution < 1.29 is 4.74 Å². The van der Waals surface area contributed by atoms with E-state index in [1.165, 1.54) is 5.56 Å². The summed E-state index contributed by atoms with van der Waals surface area (Å²) in [6, 6.07) is 18.6. The third-order valence-corrected chi connectivity index (χ3v) is 3.37. The maximum atomic E-state index is 5.94. The van der Waals surface area contributed by atoms with Gasteiger partial charge in [0.15, 0.2) is 0 Å². The number of benzene rings is 2. The Hall–Kier alpha value is -1.80. The van der Waals surface area contributed by atoms with Crippen molar-refractivity contribution >= 4 is 0 Å². The average molecular weight is 269 g/mol. The van der Waals surface area contributed by atoms with Crippen molar-refractivity contribution in [2.45, 2.75) is 32.2 Å². The average Bonchev–Trinajstić information content (AvgIpc) is 2.48. The fraction of sp³-hybridized carbons (Fsp3) is 0.333. The summed E-state index contributed by atoms with van der Waals surface area (Å²) in [6.07, 6.45) is 3.31. The molecule has 0 saturated heterocycles. The second kappa shape index (κ2) is 7.71. The first kappa shape index (κ1) is 14.6. The van der Waals surface area contributed by atoms with Crippen molar-refractivity contribution in [3.05, 3.63) is 65.7 Å². The molecule has 2 aromatic rings. The van der Waals surface area contributed by atoms with E-state index in [0.29, 0.717) is 0 Å². The first-order valence-corrected chi connectivity index (χ1v) is 7.28. The van der Waals surface area contributed by atoms with Crippen LogP contribution in [0.3, 0.4) is 0 Å². The number of aryl methyl sites for hydroxylation is 1. The second-order valence-electron chi connectivity index (χ2n) is 5.12. The van der Waals surface area contributed by atoms with Crippen molar-refractivity contribution in [1.82, 2.24) is 0 Å². The van der Waals surface area contributed by atoms with Crippen LogP contribution in [0.1, 0.15) is 36.9 Å². The van der Waals surface area contributed by atoms with E-state index in [0.717, 1.165) is 37.2 Å². The maximum absolute atomic E-state index is 5.94. The largest absolute Gasteiger partial charge is 0.493 e. The van der Waals surface area contributed by atoms with Gasteiger partial charge in [0.25, 0.3) is 0 Å². The summed E-state index contributed by atoms with van der Waals surface area (Å²) in [7, 11) is 0. The van der Waals surface area contributed by atoms with Gasteiger partial charge in [-0.25, -0.2) is 0 Å². The third kappa shape index (κ3) is 4.39. The number of rotatable bonds is 7. The van der Waals surface area contributed by atoms with Crippen LogP contribution in [-0.2, 0) is 6.42 Å². The van der Waals surface area contributed by atoms with Gasteiger partial charge in [-0.2, -0.15) is 0 Å². The summed E-state index contributed by atoms with van der Waals surface area (Å²) in [6.45, 7) is 2.73. The molecule has 0 spiro atoms. The van der Waals surface area contributed by atoms with E-state index < -0.39 is 0 Å². The zero-order valence-electron chi connectivity index (χ0n) is 12.1. The first-order valence-electron chi connectivity index (χ1n) is 7.28. The zero-order valence-corrected chi connectivity index (χ0v) is 12.1. The predicted molar refractivity (Wildman–Crippen MR) is 83.9 cm³/mol. The molecular weight excluding hydrogens is 246 g/mol. The van der Waals surface area contributed by atoms with E-state index in [-0.39, 0.29) is 6.04 Å². The Bertz CT molecular complexity index is 508. The lowest BCUT2D eigenvalue weighted by molar-refractivity contribution is 0.302. The van der Waals surface area contributed by atoms with Gasteiger partial charge in [0.1, 0.15) is 5.75 Å². The first-order chi connectivity index (χ1) is 9.77. The molecule has 0 radical (unpaired) electrons. The SMILES string of the molecule is C[C@H](N)c1ccccc1OCCCCc1ccccc1. The highest BCUT2D eigenvalue weighted by molar-refractivity contribution is 5.35. The number of hydrogen-bond acceptors (Lipinski definition) is 2. The van der Waals surface area contributed by atoms with Crippen molar-refractivity contribution in [1.29, 1.82) is 0 Å². The number of para-hydroxylation sites is 1. The smallest absolute Gasteiger partial charge is 0.124 e. The van der Waals surface area contributed by atoms with E-state index in [1.807, 2.05) is 31.2 Å². The van der Waals surface area contributed by atoms with E-state index >= 15 is 0 Å². The van der Waals surface area contributed by atoms with Crippen LogP contribution >= 0.6 is 0 Å². The van der Waals surface area contributed by atoms with Gasteiger partial charge in [0, 0.05) is 11.6 Å². The Labute approximate surface area is 121 Å². The third-order valence-electron chi connectivity index (χ3n) is 3.37. The molecule has 1 atom stereocenters. The molecule has 2 aromatic carbocycles. The van der Waals surface area contributed by atoms with Crippen LogP contribution in [0.4, 0.5) is 0 Å². The van der Waals surface area contributed by atoms with E-state index in [2.05, 4.69) is 30.3 Å². The molecule has 0 heterocycles. The van der Waals surface area contributed by atoms with Crippen molar-refractivity contribution in [2.75, 3.05) is 6.61 Å². The summed E-state index contributed by atoms with van der Waals surface area (Å²) in [5.74, 6) is 0.919. The standard InChI is InChI=1S/C18H23NO/c1-15(19)17-12-5-6-13-18(17)20-14-8-7-11-16-9-3-2-4-10-16/h2-6,9-10,12-13,15H,7-8,11,14,19H2,1H3/t15-/m0/s1. The van der Waals surface area contributed by atoms with Crippen LogP contribution in [0.15, 0.2) is 54.6 Å². The number of hydrogen-bond donors (Lipinski definition) is 1. The van der Waals surface area contributed by atoms with Crippen LogP contribution in [0.25, 0.3) is 0 Å².